The Bertz CT molecular complexity index is 1430. The highest BCUT2D eigenvalue weighted by atomic mass is 19.3. The lowest BCUT2D eigenvalue weighted by Gasteiger charge is -2.35. The third-order valence-corrected chi connectivity index (χ3v) is 7.34. The Morgan fingerprint density at radius 2 is 2.03 bits per heavy atom. The van der Waals surface area contributed by atoms with Crippen LogP contribution in [0.3, 0.4) is 0 Å². The molecule has 194 valence electrons. The van der Waals surface area contributed by atoms with Crippen molar-refractivity contribution in [3.8, 4) is 11.1 Å². The average molecular weight is 510 g/mol. The standard InChI is InChI=1S/C26H29F2N7O2/c1-2-37-18-5-3-16(4-6-18)33-25-30-13-20-19(12-29-23(20)34-25)15-7-8-35-22(9-15)21(14-31-35)24(36)32-17-10-26(27,28)11-17/h7-9,12-14,16-18H,2-6,10-11H2,1H3,(H,32,36)(H2,29,30,33,34)/t16-,18+. The lowest BCUT2D eigenvalue weighted by Crippen LogP contribution is -2.50. The van der Waals surface area contributed by atoms with E-state index in [9.17, 15) is 13.6 Å². The SMILES string of the molecule is CCO[C@H]1CC[C@@H](Nc2ncc3c(-c4ccn5ncc(C(=O)NC6CC(F)(F)C6)c5c4)c[nH]c3n2)CC1. The molecule has 0 unspecified atom stereocenters. The molecule has 2 aliphatic carbocycles. The number of ether oxygens (including phenoxy) is 1. The summed E-state index contributed by atoms with van der Waals surface area (Å²) in [6.07, 6.45) is 10.7. The van der Waals surface area contributed by atoms with E-state index in [0.717, 1.165) is 48.8 Å². The number of alkyl halides is 2. The number of nitrogens with zero attached hydrogens (tertiary/aromatic N) is 4. The fraction of sp³-hybridized carbons (Fsp3) is 0.462. The van der Waals surface area contributed by atoms with Gasteiger partial charge in [-0.15, -0.1) is 0 Å². The lowest BCUT2D eigenvalue weighted by molar-refractivity contribution is -0.0901. The number of amides is 1. The zero-order chi connectivity index (χ0) is 25.6. The predicted molar refractivity (Wildman–Crippen MR) is 135 cm³/mol. The van der Waals surface area contributed by atoms with E-state index in [4.69, 9.17) is 4.74 Å². The summed E-state index contributed by atoms with van der Waals surface area (Å²) >= 11 is 0. The molecule has 4 aromatic heterocycles. The number of aromatic amines is 1. The second kappa shape index (κ2) is 9.37. The van der Waals surface area contributed by atoms with Crippen molar-refractivity contribution in [2.24, 2.45) is 0 Å². The molecule has 4 heterocycles. The van der Waals surface area contributed by atoms with Gasteiger partial charge in [-0.3, -0.25) is 4.79 Å². The second-order valence-corrected chi connectivity index (χ2v) is 9.97. The summed E-state index contributed by atoms with van der Waals surface area (Å²) in [4.78, 5) is 25.2. The average Bonchev–Trinajstić information content (AvgIpc) is 3.48. The first-order valence-corrected chi connectivity index (χ1v) is 12.8. The molecule has 6 rings (SSSR count). The molecule has 0 atom stereocenters. The van der Waals surface area contributed by atoms with Crippen molar-refractivity contribution in [2.75, 3.05) is 11.9 Å². The lowest BCUT2D eigenvalue weighted by atomic mass is 9.88. The Balaban J connectivity index is 1.19. The van der Waals surface area contributed by atoms with E-state index in [1.54, 1.807) is 16.9 Å². The number of carbonyl (C=O) groups is 1. The third-order valence-electron chi connectivity index (χ3n) is 7.34. The van der Waals surface area contributed by atoms with Gasteiger partial charge < -0.3 is 20.4 Å². The van der Waals surface area contributed by atoms with E-state index in [1.165, 1.54) is 6.20 Å². The molecule has 0 radical (unpaired) electrons. The van der Waals surface area contributed by atoms with Gasteiger partial charge in [-0.25, -0.2) is 18.3 Å². The molecule has 4 aromatic rings. The van der Waals surface area contributed by atoms with Crippen LogP contribution in [-0.4, -0.2) is 61.2 Å². The number of nitrogens with one attached hydrogen (secondary N) is 3. The molecule has 9 nitrogen and oxygen atoms in total. The summed E-state index contributed by atoms with van der Waals surface area (Å²) < 4.78 is 33.7. The fourth-order valence-corrected chi connectivity index (χ4v) is 5.36. The van der Waals surface area contributed by atoms with Gasteiger partial charge in [0.15, 0.2) is 0 Å². The maximum atomic E-state index is 13.2. The molecule has 2 fully saturated rings. The monoisotopic (exact) mass is 509 g/mol. The van der Waals surface area contributed by atoms with E-state index in [0.29, 0.717) is 34.8 Å². The predicted octanol–water partition coefficient (Wildman–Crippen LogP) is 4.56. The van der Waals surface area contributed by atoms with Crippen LogP contribution in [0.15, 0.2) is 36.9 Å². The Morgan fingerprint density at radius 1 is 1.22 bits per heavy atom. The molecular weight excluding hydrogens is 480 g/mol. The molecule has 11 heteroatoms. The number of fused-ring (bicyclic) bond motifs is 2. The van der Waals surface area contributed by atoms with Crippen LogP contribution in [0.2, 0.25) is 0 Å². The Hall–Kier alpha value is -3.60. The van der Waals surface area contributed by atoms with Gasteiger partial charge in [-0.2, -0.15) is 10.1 Å². The van der Waals surface area contributed by atoms with Gasteiger partial charge in [0.1, 0.15) is 5.65 Å². The smallest absolute Gasteiger partial charge is 0.255 e. The van der Waals surface area contributed by atoms with Gasteiger partial charge in [0.05, 0.1) is 23.4 Å². The highest BCUT2D eigenvalue weighted by molar-refractivity contribution is 6.02. The molecule has 0 aromatic carbocycles. The van der Waals surface area contributed by atoms with Crippen molar-refractivity contribution in [3.63, 3.8) is 0 Å². The fourth-order valence-electron chi connectivity index (χ4n) is 5.36. The molecule has 2 saturated carbocycles. The Labute approximate surface area is 212 Å². The van der Waals surface area contributed by atoms with Crippen LogP contribution in [0.4, 0.5) is 14.7 Å². The zero-order valence-electron chi connectivity index (χ0n) is 20.5. The van der Waals surface area contributed by atoms with E-state index < -0.39 is 17.9 Å². The van der Waals surface area contributed by atoms with E-state index >= 15 is 0 Å². The van der Waals surface area contributed by atoms with Gasteiger partial charge in [0.2, 0.25) is 5.95 Å². The van der Waals surface area contributed by atoms with Crippen molar-refractivity contribution in [2.45, 2.75) is 69.6 Å². The van der Waals surface area contributed by atoms with Crippen molar-refractivity contribution in [3.05, 3.63) is 42.5 Å². The molecule has 3 N–H and O–H groups in total. The van der Waals surface area contributed by atoms with Gasteiger partial charge in [0, 0.05) is 61.1 Å². The largest absolute Gasteiger partial charge is 0.379 e. The van der Waals surface area contributed by atoms with Gasteiger partial charge in [-0.05, 0) is 50.3 Å². The minimum absolute atomic E-state index is 0.323. The number of hydrogen-bond acceptors (Lipinski definition) is 6. The quantitative estimate of drug-likeness (QED) is 0.337. The van der Waals surface area contributed by atoms with Crippen molar-refractivity contribution in [1.82, 2.24) is 29.9 Å². The van der Waals surface area contributed by atoms with Crippen LogP contribution in [0.1, 0.15) is 55.8 Å². The number of pyridine rings is 1. The highest BCUT2D eigenvalue weighted by Gasteiger charge is 2.46. The summed E-state index contributed by atoms with van der Waals surface area (Å²) in [5.41, 5.74) is 3.42. The summed E-state index contributed by atoms with van der Waals surface area (Å²) in [5.74, 6) is -2.50. The number of anilines is 1. The van der Waals surface area contributed by atoms with Gasteiger partial charge in [0.25, 0.3) is 11.8 Å². The summed E-state index contributed by atoms with van der Waals surface area (Å²) in [5, 5.41) is 11.2. The van der Waals surface area contributed by atoms with Crippen LogP contribution >= 0.6 is 0 Å². The summed E-state index contributed by atoms with van der Waals surface area (Å²) in [6.45, 7) is 2.78. The van der Waals surface area contributed by atoms with Crippen LogP contribution in [0.5, 0.6) is 0 Å². The van der Waals surface area contributed by atoms with Crippen molar-refractivity contribution in [1.29, 1.82) is 0 Å². The van der Waals surface area contributed by atoms with Gasteiger partial charge in [-0.1, -0.05) is 0 Å². The molecule has 0 aliphatic heterocycles. The Morgan fingerprint density at radius 3 is 2.78 bits per heavy atom. The third kappa shape index (κ3) is 4.75. The van der Waals surface area contributed by atoms with Crippen molar-refractivity contribution >= 4 is 28.4 Å². The highest BCUT2D eigenvalue weighted by Crippen LogP contribution is 2.37. The van der Waals surface area contributed by atoms with E-state index in [2.05, 4.69) is 30.7 Å². The first kappa shape index (κ1) is 23.8. The van der Waals surface area contributed by atoms with E-state index in [1.807, 2.05) is 25.3 Å². The second-order valence-electron chi connectivity index (χ2n) is 9.97. The Kier molecular flexibility index (Phi) is 6.02. The molecule has 0 spiro atoms. The summed E-state index contributed by atoms with van der Waals surface area (Å²) in [7, 11) is 0. The molecule has 2 aliphatic rings. The number of hydrogen-bond donors (Lipinski definition) is 3. The number of carbonyl (C=O) groups excluding carboxylic acids is 1. The minimum atomic E-state index is -2.69. The maximum Gasteiger partial charge on any atom is 0.255 e. The zero-order valence-corrected chi connectivity index (χ0v) is 20.5. The maximum absolute atomic E-state index is 13.2. The van der Waals surface area contributed by atoms with E-state index in [-0.39, 0.29) is 12.8 Å². The van der Waals surface area contributed by atoms with Crippen LogP contribution in [0.25, 0.3) is 27.7 Å². The van der Waals surface area contributed by atoms with Crippen LogP contribution in [0, 0.1) is 0 Å². The van der Waals surface area contributed by atoms with Gasteiger partial charge >= 0.3 is 0 Å². The van der Waals surface area contributed by atoms with Crippen LogP contribution < -0.4 is 10.6 Å². The number of aromatic nitrogens is 5. The van der Waals surface area contributed by atoms with Crippen molar-refractivity contribution < 1.29 is 18.3 Å². The normalized spacial score (nSPS) is 21.7. The minimum Gasteiger partial charge on any atom is -0.379 e. The number of rotatable bonds is 7. The molecule has 0 saturated heterocycles. The molecular formula is C26H29F2N7O2. The number of H-pyrrole nitrogens is 1. The molecule has 37 heavy (non-hydrogen) atoms. The number of halogens is 2. The van der Waals surface area contributed by atoms with Crippen LogP contribution in [-0.2, 0) is 4.74 Å². The first-order chi connectivity index (χ1) is 17.9. The topological polar surface area (TPSA) is 109 Å². The molecule has 1 amide bonds. The molecule has 0 bridgehead atoms. The first-order valence-electron chi connectivity index (χ1n) is 12.8. The summed E-state index contributed by atoms with van der Waals surface area (Å²) in [6, 6.07) is 3.57.